The molecule has 2 aromatic rings. The molecule has 78 valence electrons. The molecule has 0 radical (unpaired) electrons. The number of benzene rings is 1. The molecule has 1 unspecified atom stereocenters. The number of carboxylic acids is 1. The van der Waals surface area contributed by atoms with E-state index in [1.807, 2.05) is 19.1 Å². The Kier molecular flexibility index (Phi) is 2.73. The van der Waals surface area contributed by atoms with Crippen LogP contribution in [0.4, 0.5) is 0 Å². The van der Waals surface area contributed by atoms with Crippen molar-refractivity contribution in [3.05, 3.63) is 35.2 Å². The van der Waals surface area contributed by atoms with Crippen LogP contribution in [0.1, 0.15) is 24.1 Å². The maximum Gasteiger partial charge on any atom is 0.303 e. The van der Waals surface area contributed by atoms with Gasteiger partial charge in [0.2, 0.25) is 0 Å². The molecule has 1 aromatic heterocycles. The summed E-state index contributed by atoms with van der Waals surface area (Å²) in [5.41, 5.74) is 0. The van der Waals surface area contributed by atoms with Gasteiger partial charge in [-0.25, -0.2) is 0 Å². The van der Waals surface area contributed by atoms with Gasteiger partial charge in [-0.3, -0.25) is 4.79 Å². The van der Waals surface area contributed by atoms with Gasteiger partial charge >= 0.3 is 5.97 Å². The van der Waals surface area contributed by atoms with E-state index >= 15 is 0 Å². The number of hydrogen-bond donors (Lipinski definition) is 1. The molecular formula is C12H12O2S. The fraction of sp³-hybridized carbons (Fsp3) is 0.250. The van der Waals surface area contributed by atoms with Crippen LogP contribution >= 0.6 is 11.3 Å². The van der Waals surface area contributed by atoms with Gasteiger partial charge in [-0.15, -0.1) is 11.3 Å². The van der Waals surface area contributed by atoms with Crippen LogP contribution in [0, 0.1) is 0 Å². The molecule has 0 fully saturated rings. The van der Waals surface area contributed by atoms with E-state index in [2.05, 4.69) is 18.2 Å². The lowest BCUT2D eigenvalue weighted by Gasteiger charge is -2.03. The summed E-state index contributed by atoms with van der Waals surface area (Å²) < 4.78 is 1.23. The Bertz CT molecular complexity index is 454. The van der Waals surface area contributed by atoms with Crippen LogP contribution in [-0.4, -0.2) is 11.1 Å². The van der Waals surface area contributed by atoms with E-state index in [1.165, 1.54) is 10.1 Å². The minimum atomic E-state index is -0.736. The van der Waals surface area contributed by atoms with E-state index in [-0.39, 0.29) is 12.3 Å². The van der Waals surface area contributed by atoms with Gasteiger partial charge in [0.1, 0.15) is 0 Å². The average molecular weight is 220 g/mol. The van der Waals surface area contributed by atoms with Crippen molar-refractivity contribution in [1.82, 2.24) is 0 Å². The zero-order valence-corrected chi connectivity index (χ0v) is 9.25. The summed E-state index contributed by atoms with van der Waals surface area (Å²) in [5.74, 6) is -0.639. The molecule has 0 amide bonds. The van der Waals surface area contributed by atoms with Crippen LogP contribution in [0.2, 0.25) is 0 Å². The van der Waals surface area contributed by atoms with Crippen molar-refractivity contribution in [2.75, 3.05) is 0 Å². The predicted molar refractivity (Wildman–Crippen MR) is 62.5 cm³/mol. The molecule has 15 heavy (non-hydrogen) atoms. The topological polar surface area (TPSA) is 37.3 Å². The van der Waals surface area contributed by atoms with Crippen LogP contribution in [0.5, 0.6) is 0 Å². The normalized spacial score (nSPS) is 12.9. The lowest BCUT2D eigenvalue weighted by atomic mass is 10.1. The average Bonchev–Trinajstić information content (AvgIpc) is 2.59. The van der Waals surface area contributed by atoms with Crippen LogP contribution in [0.15, 0.2) is 30.3 Å². The highest BCUT2D eigenvalue weighted by atomic mass is 32.1. The molecule has 1 aromatic carbocycles. The second-order valence-electron chi connectivity index (χ2n) is 3.69. The van der Waals surface area contributed by atoms with Crippen LogP contribution in [-0.2, 0) is 4.79 Å². The number of fused-ring (bicyclic) bond motifs is 1. The zero-order chi connectivity index (χ0) is 10.8. The van der Waals surface area contributed by atoms with Crippen molar-refractivity contribution >= 4 is 27.4 Å². The van der Waals surface area contributed by atoms with Gasteiger partial charge in [-0.05, 0) is 17.5 Å². The number of hydrogen-bond acceptors (Lipinski definition) is 2. The smallest absolute Gasteiger partial charge is 0.303 e. The Labute approximate surface area is 92.2 Å². The maximum atomic E-state index is 10.6. The SMILES string of the molecule is CC(CC(=O)O)c1cc2ccccc2s1. The van der Waals surface area contributed by atoms with Crippen molar-refractivity contribution in [2.24, 2.45) is 0 Å². The summed E-state index contributed by atoms with van der Waals surface area (Å²) in [5, 5.41) is 9.93. The Morgan fingerprint density at radius 3 is 2.87 bits per heavy atom. The van der Waals surface area contributed by atoms with E-state index in [4.69, 9.17) is 5.11 Å². The summed E-state index contributed by atoms with van der Waals surface area (Å²) in [6.45, 7) is 1.96. The van der Waals surface area contributed by atoms with Crippen molar-refractivity contribution < 1.29 is 9.90 Å². The highest BCUT2D eigenvalue weighted by Crippen LogP contribution is 2.32. The van der Waals surface area contributed by atoms with Crippen molar-refractivity contribution in [3.8, 4) is 0 Å². The minimum Gasteiger partial charge on any atom is -0.481 e. The van der Waals surface area contributed by atoms with E-state index in [1.54, 1.807) is 11.3 Å². The van der Waals surface area contributed by atoms with Gasteiger partial charge in [0, 0.05) is 15.5 Å². The van der Waals surface area contributed by atoms with Gasteiger partial charge in [-0.2, -0.15) is 0 Å². The molecule has 0 aliphatic rings. The van der Waals surface area contributed by atoms with Crippen molar-refractivity contribution in [2.45, 2.75) is 19.3 Å². The molecule has 2 rings (SSSR count). The zero-order valence-electron chi connectivity index (χ0n) is 8.43. The van der Waals surface area contributed by atoms with Gasteiger partial charge in [0.25, 0.3) is 0 Å². The van der Waals surface area contributed by atoms with Gasteiger partial charge < -0.3 is 5.11 Å². The lowest BCUT2D eigenvalue weighted by Crippen LogP contribution is -2.00. The van der Waals surface area contributed by atoms with E-state index in [9.17, 15) is 4.79 Å². The number of thiophene rings is 1. The van der Waals surface area contributed by atoms with E-state index in [0.717, 1.165) is 4.88 Å². The number of carboxylic acid groups (broad SMARTS) is 1. The molecule has 1 N–H and O–H groups in total. The highest BCUT2D eigenvalue weighted by molar-refractivity contribution is 7.19. The Hall–Kier alpha value is -1.35. The first-order valence-electron chi connectivity index (χ1n) is 4.87. The van der Waals surface area contributed by atoms with E-state index < -0.39 is 5.97 Å². The molecular weight excluding hydrogens is 208 g/mol. The number of aliphatic carboxylic acids is 1. The molecule has 0 bridgehead atoms. The largest absolute Gasteiger partial charge is 0.481 e. The first-order valence-corrected chi connectivity index (χ1v) is 5.69. The second-order valence-corrected chi connectivity index (χ2v) is 4.80. The molecule has 0 aliphatic carbocycles. The van der Waals surface area contributed by atoms with Crippen molar-refractivity contribution in [3.63, 3.8) is 0 Å². The molecule has 3 heteroatoms. The molecule has 0 aliphatic heterocycles. The summed E-state index contributed by atoms with van der Waals surface area (Å²) in [6.07, 6.45) is 0.201. The number of carbonyl (C=O) groups is 1. The first-order chi connectivity index (χ1) is 7.16. The fourth-order valence-corrected chi connectivity index (χ4v) is 2.72. The van der Waals surface area contributed by atoms with Gasteiger partial charge in [-0.1, -0.05) is 25.1 Å². The lowest BCUT2D eigenvalue weighted by molar-refractivity contribution is -0.137. The molecule has 0 saturated carbocycles. The Morgan fingerprint density at radius 2 is 2.20 bits per heavy atom. The van der Waals surface area contributed by atoms with E-state index in [0.29, 0.717) is 0 Å². The predicted octanol–water partition coefficient (Wildman–Crippen LogP) is 3.48. The standard InChI is InChI=1S/C12H12O2S/c1-8(6-12(13)14)11-7-9-4-2-3-5-10(9)15-11/h2-5,7-8H,6H2,1H3,(H,13,14). The van der Waals surface area contributed by atoms with Crippen LogP contribution in [0.25, 0.3) is 10.1 Å². The third-order valence-corrected chi connectivity index (χ3v) is 3.76. The summed E-state index contributed by atoms with van der Waals surface area (Å²) in [7, 11) is 0. The third-order valence-electron chi connectivity index (χ3n) is 2.41. The maximum absolute atomic E-state index is 10.6. The Balaban J connectivity index is 2.32. The molecule has 0 spiro atoms. The minimum absolute atomic E-state index is 0.0971. The molecule has 1 atom stereocenters. The highest BCUT2D eigenvalue weighted by Gasteiger charge is 2.12. The molecule has 1 heterocycles. The fourth-order valence-electron chi connectivity index (χ4n) is 1.61. The third kappa shape index (κ3) is 2.18. The van der Waals surface area contributed by atoms with Gasteiger partial charge in [0.05, 0.1) is 6.42 Å². The first kappa shape index (κ1) is 10.2. The molecule has 0 saturated heterocycles. The Morgan fingerprint density at radius 1 is 1.47 bits per heavy atom. The monoisotopic (exact) mass is 220 g/mol. The molecule has 2 nitrogen and oxygen atoms in total. The van der Waals surface area contributed by atoms with Crippen LogP contribution in [0.3, 0.4) is 0 Å². The quantitative estimate of drug-likeness (QED) is 0.859. The summed E-state index contributed by atoms with van der Waals surface area (Å²) in [6, 6.07) is 10.2. The number of rotatable bonds is 3. The van der Waals surface area contributed by atoms with Gasteiger partial charge in [0.15, 0.2) is 0 Å². The summed E-state index contributed by atoms with van der Waals surface area (Å²) >= 11 is 1.68. The van der Waals surface area contributed by atoms with Crippen LogP contribution < -0.4 is 0 Å². The summed E-state index contributed by atoms with van der Waals surface area (Å²) in [4.78, 5) is 11.8. The second kappa shape index (κ2) is 4.03. The van der Waals surface area contributed by atoms with Crippen molar-refractivity contribution in [1.29, 1.82) is 0 Å².